The fourth-order valence-corrected chi connectivity index (χ4v) is 2.67. The van der Waals surface area contributed by atoms with E-state index in [2.05, 4.69) is 5.32 Å². The van der Waals surface area contributed by atoms with Crippen LogP contribution in [-0.2, 0) is 20.7 Å². The number of benzene rings is 2. The van der Waals surface area contributed by atoms with Crippen molar-refractivity contribution < 1.29 is 39.1 Å². The highest BCUT2D eigenvalue weighted by molar-refractivity contribution is 5.94. The van der Waals surface area contributed by atoms with Crippen LogP contribution in [0.2, 0.25) is 0 Å². The van der Waals surface area contributed by atoms with Crippen molar-refractivity contribution in [2.75, 3.05) is 21.3 Å². The molecule has 0 radical (unpaired) electrons. The summed E-state index contributed by atoms with van der Waals surface area (Å²) in [5, 5.41) is 31.5. The molecule has 4 N–H and O–H groups in total. The number of carbonyl (C=O) groups is 2. The molecule has 0 heterocycles. The molecule has 30 heavy (non-hydrogen) atoms. The monoisotopic (exact) mass is 417 g/mol. The van der Waals surface area contributed by atoms with Gasteiger partial charge in [-0.1, -0.05) is 6.07 Å². The molecule has 0 bridgehead atoms. The number of aromatic hydroxyl groups is 3. The Morgan fingerprint density at radius 1 is 1.00 bits per heavy atom. The lowest BCUT2D eigenvalue weighted by Crippen LogP contribution is -2.42. The predicted molar refractivity (Wildman–Crippen MR) is 108 cm³/mol. The molecule has 0 aliphatic heterocycles. The zero-order valence-electron chi connectivity index (χ0n) is 16.7. The average Bonchev–Trinajstić information content (AvgIpc) is 2.74. The van der Waals surface area contributed by atoms with Crippen molar-refractivity contribution in [3.05, 3.63) is 47.5 Å². The zero-order valence-corrected chi connectivity index (χ0v) is 16.7. The third-order valence-corrected chi connectivity index (χ3v) is 4.21. The van der Waals surface area contributed by atoms with Gasteiger partial charge in [0.1, 0.15) is 6.04 Å². The van der Waals surface area contributed by atoms with Gasteiger partial charge in [0.25, 0.3) is 0 Å². The average molecular weight is 417 g/mol. The minimum Gasteiger partial charge on any atom is -0.504 e. The molecule has 0 saturated carbocycles. The topological polar surface area (TPSA) is 135 Å². The number of nitrogens with one attached hydrogen (secondary N) is 1. The van der Waals surface area contributed by atoms with E-state index in [1.807, 2.05) is 0 Å². The Labute approximate surface area is 173 Å². The number of methoxy groups -OCH3 is 3. The molecule has 2 aromatic rings. The van der Waals surface area contributed by atoms with Gasteiger partial charge in [-0.25, -0.2) is 4.79 Å². The maximum absolute atomic E-state index is 12.3. The van der Waals surface area contributed by atoms with Gasteiger partial charge in [0, 0.05) is 12.5 Å². The van der Waals surface area contributed by atoms with Gasteiger partial charge in [0.2, 0.25) is 11.7 Å². The summed E-state index contributed by atoms with van der Waals surface area (Å²) >= 11 is 0. The van der Waals surface area contributed by atoms with E-state index in [9.17, 15) is 24.9 Å². The Morgan fingerprint density at radius 3 is 2.17 bits per heavy atom. The van der Waals surface area contributed by atoms with Gasteiger partial charge in [0.05, 0.1) is 21.3 Å². The number of amides is 1. The minimum absolute atomic E-state index is 0.0426. The van der Waals surface area contributed by atoms with E-state index in [1.54, 1.807) is 0 Å². The van der Waals surface area contributed by atoms with Crippen LogP contribution in [0.5, 0.6) is 28.7 Å². The third kappa shape index (κ3) is 5.57. The van der Waals surface area contributed by atoms with Crippen LogP contribution in [0.1, 0.15) is 11.1 Å². The molecule has 0 spiro atoms. The van der Waals surface area contributed by atoms with Gasteiger partial charge in [0.15, 0.2) is 23.0 Å². The van der Waals surface area contributed by atoms with E-state index in [0.29, 0.717) is 11.1 Å². The van der Waals surface area contributed by atoms with Gasteiger partial charge < -0.3 is 34.8 Å². The van der Waals surface area contributed by atoms with E-state index < -0.39 is 17.9 Å². The van der Waals surface area contributed by atoms with Gasteiger partial charge in [-0.15, -0.1) is 0 Å². The number of esters is 1. The molecule has 1 atom stereocenters. The fraction of sp³-hybridized carbons (Fsp3) is 0.238. The molecule has 0 aliphatic rings. The maximum atomic E-state index is 12.3. The van der Waals surface area contributed by atoms with Crippen molar-refractivity contribution in [3.8, 4) is 28.7 Å². The van der Waals surface area contributed by atoms with E-state index in [1.165, 1.54) is 63.8 Å². The van der Waals surface area contributed by atoms with Crippen LogP contribution >= 0.6 is 0 Å². The highest BCUT2D eigenvalue weighted by atomic mass is 16.5. The molecule has 0 fully saturated rings. The number of carbonyl (C=O) groups excluding carboxylic acids is 2. The normalized spacial score (nSPS) is 11.7. The standard InChI is InChI=1S/C21H23NO8/c1-28-17-10-13(11-18(29-2)20(17)26)5-7-19(25)22-14(21(27)30-3)8-12-4-6-15(23)16(24)9-12/h4-7,9-11,14,23-24,26H,8H2,1-3H3,(H,22,25). The Hall–Kier alpha value is -3.88. The predicted octanol–water partition coefficient (Wildman–Crippen LogP) is 1.73. The van der Waals surface area contributed by atoms with E-state index in [4.69, 9.17) is 14.2 Å². The first-order valence-electron chi connectivity index (χ1n) is 8.81. The van der Waals surface area contributed by atoms with Crippen molar-refractivity contribution in [3.63, 3.8) is 0 Å². The molecule has 1 unspecified atom stereocenters. The van der Waals surface area contributed by atoms with Crippen LogP contribution in [0.3, 0.4) is 0 Å². The summed E-state index contributed by atoms with van der Waals surface area (Å²) in [6.45, 7) is 0. The highest BCUT2D eigenvalue weighted by Crippen LogP contribution is 2.37. The molecule has 0 aromatic heterocycles. The van der Waals surface area contributed by atoms with Gasteiger partial charge in [-0.3, -0.25) is 4.79 Å². The number of hydrogen-bond acceptors (Lipinski definition) is 8. The summed E-state index contributed by atoms with van der Waals surface area (Å²) in [7, 11) is 3.97. The molecule has 2 rings (SSSR count). The van der Waals surface area contributed by atoms with Crippen LogP contribution in [0.15, 0.2) is 36.4 Å². The van der Waals surface area contributed by atoms with Crippen LogP contribution < -0.4 is 14.8 Å². The van der Waals surface area contributed by atoms with Crippen molar-refractivity contribution in [1.82, 2.24) is 5.32 Å². The Morgan fingerprint density at radius 2 is 1.63 bits per heavy atom. The van der Waals surface area contributed by atoms with Crippen molar-refractivity contribution in [1.29, 1.82) is 0 Å². The number of phenols is 3. The van der Waals surface area contributed by atoms with E-state index in [-0.39, 0.29) is 35.2 Å². The number of phenolic OH excluding ortho intramolecular Hbond substituents is 3. The smallest absolute Gasteiger partial charge is 0.328 e. The van der Waals surface area contributed by atoms with Gasteiger partial charge in [-0.2, -0.15) is 0 Å². The van der Waals surface area contributed by atoms with Crippen LogP contribution in [0.4, 0.5) is 0 Å². The second kappa shape index (κ2) is 10.1. The lowest BCUT2D eigenvalue weighted by molar-refractivity contribution is -0.144. The fourth-order valence-electron chi connectivity index (χ4n) is 2.67. The van der Waals surface area contributed by atoms with Crippen molar-refractivity contribution >= 4 is 18.0 Å². The summed E-state index contributed by atoms with van der Waals surface area (Å²) < 4.78 is 14.9. The summed E-state index contributed by atoms with van der Waals surface area (Å²) in [4.78, 5) is 24.4. The summed E-state index contributed by atoms with van der Waals surface area (Å²) in [5.41, 5.74) is 1.03. The largest absolute Gasteiger partial charge is 0.504 e. The van der Waals surface area contributed by atoms with Gasteiger partial charge in [-0.05, 0) is 41.5 Å². The molecule has 160 valence electrons. The van der Waals surface area contributed by atoms with Crippen molar-refractivity contribution in [2.45, 2.75) is 12.5 Å². The van der Waals surface area contributed by atoms with Crippen LogP contribution in [0.25, 0.3) is 6.08 Å². The highest BCUT2D eigenvalue weighted by Gasteiger charge is 2.21. The van der Waals surface area contributed by atoms with Crippen LogP contribution in [-0.4, -0.2) is 54.6 Å². The second-order valence-corrected chi connectivity index (χ2v) is 6.22. The number of ether oxygens (including phenoxy) is 3. The summed E-state index contributed by atoms with van der Waals surface area (Å²) in [5.74, 6) is -1.68. The lowest BCUT2D eigenvalue weighted by atomic mass is 10.1. The zero-order chi connectivity index (χ0) is 22.3. The van der Waals surface area contributed by atoms with Crippen LogP contribution in [0, 0.1) is 0 Å². The molecule has 2 aromatic carbocycles. The van der Waals surface area contributed by atoms with E-state index in [0.717, 1.165) is 0 Å². The SMILES string of the molecule is COC(=O)C(Cc1ccc(O)c(O)c1)NC(=O)C=Cc1cc(OC)c(O)c(OC)c1. The third-order valence-electron chi connectivity index (χ3n) is 4.21. The summed E-state index contributed by atoms with van der Waals surface area (Å²) in [6.07, 6.45) is 2.71. The molecule has 9 nitrogen and oxygen atoms in total. The first kappa shape index (κ1) is 22.4. The molecule has 9 heteroatoms. The van der Waals surface area contributed by atoms with Gasteiger partial charge >= 0.3 is 5.97 Å². The number of rotatable bonds is 8. The second-order valence-electron chi connectivity index (χ2n) is 6.22. The van der Waals surface area contributed by atoms with Crippen molar-refractivity contribution in [2.24, 2.45) is 0 Å². The molecule has 0 saturated heterocycles. The number of hydrogen-bond donors (Lipinski definition) is 4. The molecular weight excluding hydrogens is 394 g/mol. The Kier molecular flexibility index (Phi) is 7.51. The maximum Gasteiger partial charge on any atom is 0.328 e. The lowest BCUT2D eigenvalue weighted by Gasteiger charge is -2.16. The Bertz CT molecular complexity index is 929. The molecule has 0 aliphatic carbocycles. The molecule has 1 amide bonds. The first-order chi connectivity index (χ1) is 14.3. The Balaban J connectivity index is 2.16. The molecular formula is C21H23NO8. The minimum atomic E-state index is -1.01. The van der Waals surface area contributed by atoms with E-state index >= 15 is 0 Å². The first-order valence-corrected chi connectivity index (χ1v) is 8.81. The quantitative estimate of drug-likeness (QED) is 0.290. The summed E-state index contributed by atoms with van der Waals surface area (Å²) in [6, 6.07) is 6.11.